The number of fused-ring (bicyclic) bond motifs is 1. The van der Waals surface area contributed by atoms with Gasteiger partial charge in [-0.3, -0.25) is 10.9 Å². The third-order valence-electron chi connectivity index (χ3n) is 3.79. The van der Waals surface area contributed by atoms with E-state index in [2.05, 4.69) is 26.1 Å². The highest BCUT2D eigenvalue weighted by Crippen LogP contribution is 2.34. The fourth-order valence-electron chi connectivity index (χ4n) is 2.51. The predicted molar refractivity (Wildman–Crippen MR) is 101 cm³/mol. The van der Waals surface area contributed by atoms with E-state index < -0.39 is 0 Å². The Kier molecular flexibility index (Phi) is 4.29. The van der Waals surface area contributed by atoms with Crippen LogP contribution in [-0.4, -0.2) is 23.2 Å². The van der Waals surface area contributed by atoms with E-state index in [0.29, 0.717) is 36.3 Å². The summed E-state index contributed by atoms with van der Waals surface area (Å²) >= 11 is 0. The molecule has 26 heavy (non-hydrogen) atoms. The zero-order valence-corrected chi connectivity index (χ0v) is 13.9. The standard InChI is InChI=1S/C18H18N6O2/c19-16-17(22-13-6-7-14-15(10-13)26-9-8-25-14)20-11-21-18(16)24-23-12-4-2-1-3-5-12/h1-7,10-11,23H,8-9,19H2,(H2,20,21,22,24). The van der Waals surface area contributed by atoms with Crippen molar-refractivity contribution < 1.29 is 9.47 Å². The van der Waals surface area contributed by atoms with Crippen LogP contribution in [0.15, 0.2) is 54.9 Å². The maximum atomic E-state index is 6.19. The van der Waals surface area contributed by atoms with Gasteiger partial charge in [0.25, 0.3) is 0 Å². The molecule has 1 aliphatic heterocycles. The molecule has 0 atom stereocenters. The summed E-state index contributed by atoms with van der Waals surface area (Å²) in [5.74, 6) is 2.39. The number of aromatic nitrogens is 2. The molecule has 2 aromatic carbocycles. The first-order chi connectivity index (χ1) is 12.8. The van der Waals surface area contributed by atoms with Gasteiger partial charge in [-0.2, -0.15) is 0 Å². The summed E-state index contributed by atoms with van der Waals surface area (Å²) in [6, 6.07) is 15.3. The molecule has 0 saturated heterocycles. The fraction of sp³-hybridized carbons (Fsp3) is 0.111. The maximum absolute atomic E-state index is 6.19. The average Bonchev–Trinajstić information content (AvgIpc) is 2.69. The van der Waals surface area contributed by atoms with Crippen LogP contribution in [0.25, 0.3) is 0 Å². The average molecular weight is 350 g/mol. The molecule has 1 aromatic heterocycles. The molecule has 1 aliphatic rings. The van der Waals surface area contributed by atoms with E-state index in [-0.39, 0.29) is 0 Å². The second-order valence-corrected chi connectivity index (χ2v) is 5.58. The van der Waals surface area contributed by atoms with Gasteiger partial charge in [-0.1, -0.05) is 18.2 Å². The molecule has 5 N–H and O–H groups in total. The van der Waals surface area contributed by atoms with Crippen LogP contribution in [0.1, 0.15) is 0 Å². The Bertz CT molecular complexity index is 903. The number of nitrogens with one attached hydrogen (secondary N) is 3. The summed E-state index contributed by atoms with van der Waals surface area (Å²) in [4.78, 5) is 8.39. The fourth-order valence-corrected chi connectivity index (χ4v) is 2.51. The second kappa shape index (κ2) is 7.06. The van der Waals surface area contributed by atoms with Crippen molar-refractivity contribution in [3.05, 3.63) is 54.9 Å². The number of para-hydroxylation sites is 1. The molecule has 0 aliphatic carbocycles. The molecular formula is C18H18N6O2. The monoisotopic (exact) mass is 350 g/mol. The molecule has 8 heteroatoms. The van der Waals surface area contributed by atoms with Crippen molar-refractivity contribution in [2.75, 3.05) is 35.1 Å². The van der Waals surface area contributed by atoms with Crippen LogP contribution >= 0.6 is 0 Å². The van der Waals surface area contributed by atoms with Crippen LogP contribution in [0, 0.1) is 0 Å². The van der Waals surface area contributed by atoms with E-state index in [0.717, 1.165) is 17.1 Å². The minimum absolute atomic E-state index is 0.394. The number of rotatable bonds is 5. The zero-order chi connectivity index (χ0) is 17.8. The van der Waals surface area contributed by atoms with E-state index >= 15 is 0 Å². The molecule has 0 amide bonds. The van der Waals surface area contributed by atoms with Crippen LogP contribution < -0.4 is 31.4 Å². The van der Waals surface area contributed by atoms with Crippen LogP contribution in [-0.2, 0) is 0 Å². The van der Waals surface area contributed by atoms with Crippen molar-refractivity contribution in [1.82, 2.24) is 9.97 Å². The number of anilines is 5. The lowest BCUT2D eigenvalue weighted by Gasteiger charge is -2.19. The van der Waals surface area contributed by atoms with Crippen molar-refractivity contribution in [2.24, 2.45) is 0 Å². The van der Waals surface area contributed by atoms with Crippen molar-refractivity contribution in [1.29, 1.82) is 0 Å². The van der Waals surface area contributed by atoms with Gasteiger partial charge in [0, 0.05) is 11.8 Å². The number of hydrazine groups is 1. The smallest absolute Gasteiger partial charge is 0.173 e. The Morgan fingerprint density at radius 3 is 2.42 bits per heavy atom. The second-order valence-electron chi connectivity index (χ2n) is 5.58. The van der Waals surface area contributed by atoms with E-state index in [4.69, 9.17) is 15.2 Å². The van der Waals surface area contributed by atoms with Gasteiger partial charge in [-0.25, -0.2) is 9.97 Å². The van der Waals surface area contributed by atoms with Crippen LogP contribution in [0.2, 0.25) is 0 Å². The predicted octanol–water partition coefficient (Wildman–Crippen LogP) is 3.01. The summed E-state index contributed by atoms with van der Waals surface area (Å²) in [7, 11) is 0. The first-order valence-electron chi connectivity index (χ1n) is 8.14. The normalized spacial score (nSPS) is 12.3. The molecule has 0 fully saturated rings. The quantitative estimate of drug-likeness (QED) is 0.520. The van der Waals surface area contributed by atoms with Gasteiger partial charge < -0.3 is 20.5 Å². The molecule has 8 nitrogen and oxygen atoms in total. The van der Waals surface area contributed by atoms with Crippen molar-refractivity contribution in [3.8, 4) is 11.5 Å². The SMILES string of the molecule is Nc1c(NNc2ccccc2)ncnc1Nc1ccc2c(c1)OCCO2. The molecule has 2 heterocycles. The van der Waals surface area contributed by atoms with Gasteiger partial charge in [-0.15, -0.1) is 0 Å². The van der Waals surface area contributed by atoms with Crippen molar-refractivity contribution in [3.63, 3.8) is 0 Å². The van der Waals surface area contributed by atoms with Crippen molar-refractivity contribution in [2.45, 2.75) is 0 Å². The number of hydrogen-bond acceptors (Lipinski definition) is 8. The molecule has 0 bridgehead atoms. The van der Waals surface area contributed by atoms with Gasteiger partial charge >= 0.3 is 0 Å². The van der Waals surface area contributed by atoms with Gasteiger partial charge in [0.05, 0.1) is 5.69 Å². The molecule has 0 spiro atoms. The number of hydrogen-bond donors (Lipinski definition) is 4. The summed E-state index contributed by atoms with van der Waals surface area (Å²) < 4.78 is 11.1. The molecule has 0 unspecified atom stereocenters. The topological polar surface area (TPSA) is 106 Å². The number of nitrogen functional groups attached to an aromatic ring is 1. The summed E-state index contributed by atoms with van der Waals surface area (Å²) in [5.41, 5.74) is 14.3. The minimum Gasteiger partial charge on any atom is -0.486 e. The Morgan fingerprint density at radius 2 is 1.58 bits per heavy atom. The number of benzene rings is 2. The van der Waals surface area contributed by atoms with E-state index in [1.165, 1.54) is 6.33 Å². The molecule has 4 rings (SSSR count). The Hall–Kier alpha value is -3.68. The number of nitrogens with zero attached hydrogens (tertiary/aromatic N) is 2. The van der Waals surface area contributed by atoms with Gasteiger partial charge in [0.15, 0.2) is 23.1 Å². The van der Waals surface area contributed by atoms with Crippen LogP contribution in [0.3, 0.4) is 0 Å². The lowest BCUT2D eigenvalue weighted by atomic mass is 10.2. The first kappa shape index (κ1) is 15.8. The van der Waals surface area contributed by atoms with Gasteiger partial charge in [0.2, 0.25) is 0 Å². The minimum atomic E-state index is 0.394. The van der Waals surface area contributed by atoms with E-state index in [1.54, 1.807) is 0 Å². The zero-order valence-electron chi connectivity index (χ0n) is 13.9. The van der Waals surface area contributed by atoms with E-state index in [1.807, 2.05) is 48.5 Å². The van der Waals surface area contributed by atoms with Crippen LogP contribution in [0.4, 0.5) is 28.7 Å². The lowest BCUT2D eigenvalue weighted by Crippen LogP contribution is -2.15. The molecule has 3 aromatic rings. The molecular weight excluding hydrogens is 332 g/mol. The molecule has 0 saturated carbocycles. The maximum Gasteiger partial charge on any atom is 0.173 e. The Labute approximate surface area is 150 Å². The Morgan fingerprint density at radius 1 is 0.808 bits per heavy atom. The summed E-state index contributed by atoms with van der Waals surface area (Å²) in [6.45, 7) is 1.09. The first-order valence-corrected chi connectivity index (χ1v) is 8.14. The third kappa shape index (κ3) is 3.39. The number of nitrogens with two attached hydrogens (primary N) is 1. The van der Waals surface area contributed by atoms with Crippen LogP contribution in [0.5, 0.6) is 11.5 Å². The highest BCUT2D eigenvalue weighted by Gasteiger charge is 2.13. The molecule has 132 valence electrons. The highest BCUT2D eigenvalue weighted by atomic mass is 16.6. The van der Waals surface area contributed by atoms with E-state index in [9.17, 15) is 0 Å². The van der Waals surface area contributed by atoms with Gasteiger partial charge in [-0.05, 0) is 24.3 Å². The Balaban J connectivity index is 1.50. The highest BCUT2D eigenvalue weighted by molar-refractivity contribution is 5.78. The van der Waals surface area contributed by atoms with Crippen molar-refractivity contribution >= 4 is 28.7 Å². The largest absolute Gasteiger partial charge is 0.486 e. The lowest BCUT2D eigenvalue weighted by molar-refractivity contribution is 0.171. The molecule has 0 radical (unpaired) electrons. The van der Waals surface area contributed by atoms with Gasteiger partial charge in [0.1, 0.15) is 25.2 Å². The third-order valence-corrected chi connectivity index (χ3v) is 3.79. The summed E-state index contributed by atoms with van der Waals surface area (Å²) in [6.07, 6.45) is 1.44. The summed E-state index contributed by atoms with van der Waals surface area (Å²) in [5, 5.41) is 3.18. The number of ether oxygens (including phenoxy) is 2.